The first kappa shape index (κ1) is 14.5. The molecule has 0 radical (unpaired) electrons. The molecule has 0 unspecified atom stereocenters. The summed E-state index contributed by atoms with van der Waals surface area (Å²) in [4.78, 5) is 12.8. The lowest BCUT2D eigenvalue weighted by atomic mass is 10.2. The molecule has 0 spiro atoms. The maximum atomic E-state index is 12.2. The van der Waals surface area contributed by atoms with Crippen LogP contribution in [0.1, 0.15) is 0 Å². The van der Waals surface area contributed by atoms with E-state index in [1.165, 1.54) is 0 Å². The van der Waals surface area contributed by atoms with E-state index >= 15 is 0 Å². The number of nitrogens with one attached hydrogen (secondary N) is 1. The van der Waals surface area contributed by atoms with Gasteiger partial charge in [-0.25, -0.2) is 0 Å². The average molecular weight is 313 g/mol. The van der Waals surface area contributed by atoms with Crippen molar-refractivity contribution in [1.82, 2.24) is 9.78 Å². The summed E-state index contributed by atoms with van der Waals surface area (Å²) in [5.41, 5.74) is 1.48. The van der Waals surface area contributed by atoms with Gasteiger partial charge in [0.15, 0.2) is 0 Å². The van der Waals surface area contributed by atoms with E-state index in [1.807, 2.05) is 24.3 Å². The van der Waals surface area contributed by atoms with Crippen LogP contribution in [0.25, 0.3) is 10.9 Å². The topological polar surface area (TPSA) is 64.0 Å². The maximum absolute atomic E-state index is 12.2. The number of anilines is 1. The van der Waals surface area contributed by atoms with Gasteiger partial charge in [0.25, 0.3) is 0 Å². The first-order chi connectivity index (χ1) is 10.6. The number of benzene rings is 2. The van der Waals surface area contributed by atoms with Gasteiger partial charge >= 0.3 is 0 Å². The zero-order valence-corrected chi connectivity index (χ0v) is 12.8. The molecule has 0 bridgehead atoms. The van der Waals surface area contributed by atoms with Crippen LogP contribution in [0.2, 0.25) is 0 Å². The van der Waals surface area contributed by atoms with Crippen LogP contribution in [-0.4, -0.2) is 26.2 Å². The van der Waals surface area contributed by atoms with E-state index < -0.39 is 10.8 Å². The molecule has 0 saturated carbocycles. The fourth-order valence-electron chi connectivity index (χ4n) is 2.30. The SMILES string of the molecule is C[S@@](=O)c1ccccc1NC(=O)Cn1ncc2ccccc21. The van der Waals surface area contributed by atoms with E-state index in [1.54, 1.807) is 41.4 Å². The molecular formula is C16H15N3O2S. The summed E-state index contributed by atoms with van der Waals surface area (Å²) in [6, 6.07) is 14.8. The third-order valence-corrected chi connectivity index (χ3v) is 4.29. The molecule has 1 aromatic heterocycles. The van der Waals surface area contributed by atoms with Crippen molar-refractivity contribution in [3.63, 3.8) is 0 Å². The van der Waals surface area contributed by atoms with Gasteiger partial charge in [0.1, 0.15) is 6.54 Å². The van der Waals surface area contributed by atoms with Crippen LogP contribution in [0.5, 0.6) is 0 Å². The Morgan fingerprint density at radius 3 is 2.73 bits per heavy atom. The minimum absolute atomic E-state index is 0.109. The molecule has 1 heterocycles. The minimum Gasteiger partial charge on any atom is -0.323 e. The summed E-state index contributed by atoms with van der Waals surface area (Å²) in [6.45, 7) is 0.109. The number of amides is 1. The Hall–Kier alpha value is -2.47. The van der Waals surface area contributed by atoms with Gasteiger partial charge in [-0.2, -0.15) is 5.10 Å². The van der Waals surface area contributed by atoms with Crippen LogP contribution < -0.4 is 5.32 Å². The van der Waals surface area contributed by atoms with Gasteiger partial charge in [0.05, 0.1) is 33.1 Å². The van der Waals surface area contributed by atoms with Gasteiger partial charge in [0.2, 0.25) is 5.91 Å². The number of carbonyl (C=O) groups excluding carboxylic acids is 1. The molecule has 0 aliphatic carbocycles. The number of rotatable bonds is 4. The molecule has 0 aliphatic heterocycles. The van der Waals surface area contributed by atoms with Crippen molar-refractivity contribution < 1.29 is 9.00 Å². The third kappa shape index (κ3) is 2.92. The normalized spacial score (nSPS) is 12.2. The largest absolute Gasteiger partial charge is 0.323 e. The molecule has 1 N–H and O–H groups in total. The van der Waals surface area contributed by atoms with Crippen molar-refractivity contribution >= 4 is 33.3 Å². The van der Waals surface area contributed by atoms with Crippen molar-refractivity contribution in [2.45, 2.75) is 11.4 Å². The Morgan fingerprint density at radius 2 is 1.91 bits per heavy atom. The Bertz CT molecular complexity index is 857. The molecule has 2 aromatic carbocycles. The molecule has 22 heavy (non-hydrogen) atoms. The van der Waals surface area contributed by atoms with E-state index in [0.29, 0.717) is 10.6 Å². The van der Waals surface area contributed by atoms with E-state index in [-0.39, 0.29) is 12.5 Å². The van der Waals surface area contributed by atoms with Crippen molar-refractivity contribution in [2.24, 2.45) is 0 Å². The number of fused-ring (bicyclic) bond motifs is 1. The minimum atomic E-state index is -1.16. The van der Waals surface area contributed by atoms with Gasteiger partial charge in [-0.15, -0.1) is 0 Å². The quantitative estimate of drug-likeness (QED) is 0.804. The van der Waals surface area contributed by atoms with Crippen molar-refractivity contribution in [1.29, 1.82) is 0 Å². The Morgan fingerprint density at radius 1 is 1.18 bits per heavy atom. The number of hydrogen-bond donors (Lipinski definition) is 1. The molecule has 0 saturated heterocycles. The zero-order valence-electron chi connectivity index (χ0n) is 12.0. The van der Waals surface area contributed by atoms with Gasteiger partial charge < -0.3 is 5.32 Å². The number of carbonyl (C=O) groups is 1. The molecule has 3 aromatic rings. The lowest BCUT2D eigenvalue weighted by molar-refractivity contribution is -0.116. The summed E-state index contributed by atoms with van der Waals surface area (Å²) in [5.74, 6) is -0.202. The molecule has 0 aliphatic rings. The Kier molecular flexibility index (Phi) is 4.02. The highest BCUT2D eigenvalue weighted by Gasteiger charge is 2.11. The van der Waals surface area contributed by atoms with Gasteiger partial charge in [0, 0.05) is 11.6 Å². The molecular weight excluding hydrogens is 298 g/mol. The highest BCUT2D eigenvalue weighted by atomic mass is 32.2. The van der Waals surface area contributed by atoms with Gasteiger partial charge in [-0.1, -0.05) is 30.3 Å². The van der Waals surface area contributed by atoms with Gasteiger partial charge in [-0.05, 0) is 18.2 Å². The van der Waals surface area contributed by atoms with Crippen molar-refractivity contribution in [3.8, 4) is 0 Å². The van der Waals surface area contributed by atoms with Crippen molar-refractivity contribution in [3.05, 3.63) is 54.7 Å². The maximum Gasteiger partial charge on any atom is 0.246 e. The second-order valence-corrected chi connectivity index (χ2v) is 6.21. The van der Waals surface area contributed by atoms with Crippen LogP contribution in [-0.2, 0) is 22.1 Å². The standard InChI is InChI=1S/C16H15N3O2S/c1-22(21)15-9-5-3-7-13(15)18-16(20)11-19-14-8-4-2-6-12(14)10-17-19/h2-10H,11H2,1H3,(H,18,20)/t22-/m1/s1. The summed E-state index contributed by atoms with van der Waals surface area (Å²) in [5, 5.41) is 8.02. The summed E-state index contributed by atoms with van der Waals surface area (Å²) < 4.78 is 13.3. The summed E-state index contributed by atoms with van der Waals surface area (Å²) in [6.07, 6.45) is 3.32. The first-order valence-electron chi connectivity index (χ1n) is 6.78. The number of para-hydroxylation sites is 2. The average Bonchev–Trinajstić information content (AvgIpc) is 2.91. The van der Waals surface area contributed by atoms with E-state index in [4.69, 9.17) is 0 Å². The van der Waals surface area contributed by atoms with Crippen LogP contribution >= 0.6 is 0 Å². The third-order valence-electron chi connectivity index (χ3n) is 3.32. The fraction of sp³-hybridized carbons (Fsp3) is 0.125. The van der Waals surface area contributed by atoms with Crippen LogP contribution in [0, 0.1) is 0 Å². The zero-order chi connectivity index (χ0) is 15.5. The summed E-state index contributed by atoms with van der Waals surface area (Å²) in [7, 11) is -1.16. The fourth-order valence-corrected chi connectivity index (χ4v) is 3.00. The Balaban J connectivity index is 1.80. The number of nitrogens with zero attached hydrogens (tertiary/aromatic N) is 2. The Labute approximate surface area is 130 Å². The molecule has 5 nitrogen and oxygen atoms in total. The summed E-state index contributed by atoms with van der Waals surface area (Å²) >= 11 is 0. The molecule has 6 heteroatoms. The highest BCUT2D eigenvalue weighted by molar-refractivity contribution is 7.84. The highest BCUT2D eigenvalue weighted by Crippen LogP contribution is 2.18. The number of aromatic nitrogens is 2. The molecule has 112 valence electrons. The van der Waals surface area contributed by atoms with Gasteiger partial charge in [-0.3, -0.25) is 13.7 Å². The second kappa shape index (κ2) is 6.11. The molecule has 1 amide bonds. The molecule has 0 fully saturated rings. The lowest BCUT2D eigenvalue weighted by Crippen LogP contribution is -2.20. The number of hydrogen-bond acceptors (Lipinski definition) is 3. The predicted octanol–water partition coefficient (Wildman–Crippen LogP) is 2.41. The predicted molar refractivity (Wildman–Crippen MR) is 87.1 cm³/mol. The van der Waals surface area contributed by atoms with Crippen LogP contribution in [0.3, 0.4) is 0 Å². The second-order valence-electron chi connectivity index (χ2n) is 4.86. The van der Waals surface area contributed by atoms with E-state index in [0.717, 1.165) is 10.9 Å². The molecule has 1 atom stereocenters. The van der Waals surface area contributed by atoms with Crippen molar-refractivity contribution in [2.75, 3.05) is 11.6 Å². The molecule has 3 rings (SSSR count). The van der Waals surface area contributed by atoms with Crippen LogP contribution in [0.15, 0.2) is 59.6 Å². The van der Waals surface area contributed by atoms with Crippen LogP contribution in [0.4, 0.5) is 5.69 Å². The monoisotopic (exact) mass is 313 g/mol. The van der Waals surface area contributed by atoms with E-state index in [9.17, 15) is 9.00 Å². The lowest BCUT2D eigenvalue weighted by Gasteiger charge is -2.09. The smallest absolute Gasteiger partial charge is 0.246 e. The van der Waals surface area contributed by atoms with E-state index in [2.05, 4.69) is 10.4 Å². The first-order valence-corrected chi connectivity index (χ1v) is 8.34.